The fraction of sp³-hybridized carbons (Fsp3) is 0.346. The maximum Gasteiger partial charge on any atom is 0.258 e. The van der Waals surface area contributed by atoms with Gasteiger partial charge in [-0.25, -0.2) is 4.98 Å². The van der Waals surface area contributed by atoms with Gasteiger partial charge in [0, 0.05) is 39.0 Å². The van der Waals surface area contributed by atoms with Crippen LogP contribution in [-0.4, -0.2) is 26.9 Å². The fourth-order valence-electron chi connectivity index (χ4n) is 4.14. The van der Waals surface area contributed by atoms with Crippen LogP contribution in [0.15, 0.2) is 59.4 Å². The van der Waals surface area contributed by atoms with E-state index in [1.807, 2.05) is 56.3 Å². The van der Waals surface area contributed by atoms with Crippen molar-refractivity contribution in [3.05, 3.63) is 98.7 Å². The number of aryl methyl sites for hydroxylation is 2. The van der Waals surface area contributed by atoms with Gasteiger partial charge in [0.05, 0.1) is 11.3 Å². The zero-order valence-electron chi connectivity index (χ0n) is 18.8. The topological polar surface area (TPSA) is 67.2 Å². The van der Waals surface area contributed by atoms with Gasteiger partial charge >= 0.3 is 0 Å². The molecule has 32 heavy (non-hydrogen) atoms. The Morgan fingerprint density at radius 3 is 2.53 bits per heavy atom. The second kappa shape index (κ2) is 9.92. The van der Waals surface area contributed by atoms with Crippen LogP contribution in [0.3, 0.4) is 0 Å². The summed E-state index contributed by atoms with van der Waals surface area (Å²) < 4.78 is 1.55. The molecule has 4 rings (SSSR count). The highest BCUT2D eigenvalue weighted by atomic mass is 16.2. The summed E-state index contributed by atoms with van der Waals surface area (Å²) in [6.07, 6.45) is 1.37. The minimum atomic E-state index is -0.180. The number of amides is 1. The van der Waals surface area contributed by atoms with E-state index in [1.165, 1.54) is 11.1 Å². The first kappa shape index (κ1) is 22.0. The molecule has 0 saturated heterocycles. The Labute approximate surface area is 188 Å². The summed E-state index contributed by atoms with van der Waals surface area (Å²) in [5.41, 5.74) is 4.95. The molecule has 6 heteroatoms. The molecule has 0 unspecified atom stereocenters. The summed E-state index contributed by atoms with van der Waals surface area (Å²) in [7, 11) is 0. The Hall–Kier alpha value is -3.25. The molecule has 1 aromatic heterocycles. The predicted octanol–water partition coefficient (Wildman–Crippen LogP) is 2.99. The van der Waals surface area contributed by atoms with Gasteiger partial charge in [0.2, 0.25) is 5.91 Å². The molecule has 0 fully saturated rings. The third-order valence-corrected chi connectivity index (χ3v) is 5.95. The van der Waals surface area contributed by atoms with Crippen LogP contribution in [0, 0.1) is 6.92 Å². The minimum Gasteiger partial charge on any atom is -0.350 e. The highest BCUT2D eigenvalue weighted by molar-refractivity contribution is 5.75. The first-order chi connectivity index (χ1) is 15.5. The SMILES string of the molecule is CCc1nc2c(c(=O)n1CC(=O)NCc1ccc(C)cc1)CN(Cc1ccccc1)CC2. The molecule has 3 aromatic rings. The van der Waals surface area contributed by atoms with Crippen molar-refractivity contribution in [1.29, 1.82) is 0 Å². The molecule has 1 aliphatic rings. The Morgan fingerprint density at radius 1 is 1.06 bits per heavy atom. The van der Waals surface area contributed by atoms with E-state index >= 15 is 0 Å². The first-order valence-electron chi connectivity index (χ1n) is 11.2. The van der Waals surface area contributed by atoms with Gasteiger partial charge < -0.3 is 5.32 Å². The van der Waals surface area contributed by atoms with Gasteiger partial charge in [-0.05, 0) is 18.1 Å². The summed E-state index contributed by atoms with van der Waals surface area (Å²) >= 11 is 0. The number of benzene rings is 2. The summed E-state index contributed by atoms with van der Waals surface area (Å²) in [6, 6.07) is 18.3. The van der Waals surface area contributed by atoms with Gasteiger partial charge in [0.15, 0.2) is 0 Å². The Balaban J connectivity index is 1.49. The summed E-state index contributed by atoms with van der Waals surface area (Å²) in [5.74, 6) is 0.497. The maximum atomic E-state index is 13.4. The van der Waals surface area contributed by atoms with E-state index in [0.29, 0.717) is 25.3 Å². The maximum absolute atomic E-state index is 13.4. The molecular formula is C26H30N4O2. The molecule has 0 aliphatic carbocycles. The van der Waals surface area contributed by atoms with Gasteiger partial charge in [-0.2, -0.15) is 0 Å². The Bertz CT molecular complexity index is 1140. The lowest BCUT2D eigenvalue weighted by atomic mass is 10.1. The molecule has 1 amide bonds. The highest BCUT2D eigenvalue weighted by Crippen LogP contribution is 2.17. The molecule has 0 radical (unpaired) electrons. The monoisotopic (exact) mass is 430 g/mol. The van der Waals surface area contributed by atoms with Crippen molar-refractivity contribution in [3.8, 4) is 0 Å². The van der Waals surface area contributed by atoms with Gasteiger partial charge in [0.25, 0.3) is 5.56 Å². The van der Waals surface area contributed by atoms with E-state index < -0.39 is 0 Å². The van der Waals surface area contributed by atoms with E-state index in [-0.39, 0.29) is 18.0 Å². The number of nitrogens with zero attached hydrogens (tertiary/aromatic N) is 3. The molecule has 166 valence electrons. The number of hydrogen-bond acceptors (Lipinski definition) is 4. The lowest BCUT2D eigenvalue weighted by Crippen LogP contribution is -2.41. The molecule has 2 aromatic carbocycles. The standard InChI is InChI=1S/C26H30N4O2/c1-3-24-28-23-13-14-29(16-21-7-5-4-6-8-21)17-22(23)26(32)30(24)18-25(31)27-15-20-11-9-19(2)10-12-20/h4-12H,3,13-18H2,1-2H3,(H,27,31). The zero-order valence-corrected chi connectivity index (χ0v) is 18.8. The largest absolute Gasteiger partial charge is 0.350 e. The molecule has 0 bridgehead atoms. The average molecular weight is 431 g/mol. The molecule has 1 N–H and O–H groups in total. The molecule has 6 nitrogen and oxygen atoms in total. The second-order valence-corrected chi connectivity index (χ2v) is 8.41. The number of hydrogen-bond donors (Lipinski definition) is 1. The normalized spacial score (nSPS) is 13.6. The van der Waals surface area contributed by atoms with E-state index in [9.17, 15) is 9.59 Å². The third kappa shape index (κ3) is 5.14. The summed E-state index contributed by atoms with van der Waals surface area (Å²) in [5, 5.41) is 2.93. The number of carbonyl (C=O) groups excluding carboxylic acids is 1. The molecule has 0 spiro atoms. The first-order valence-corrected chi connectivity index (χ1v) is 11.2. The van der Waals surface area contributed by atoms with Gasteiger partial charge in [0.1, 0.15) is 12.4 Å². The number of rotatable bonds is 7. The van der Waals surface area contributed by atoms with Crippen molar-refractivity contribution >= 4 is 5.91 Å². The van der Waals surface area contributed by atoms with Gasteiger partial charge in [-0.1, -0.05) is 67.1 Å². The Morgan fingerprint density at radius 2 is 1.81 bits per heavy atom. The number of nitrogens with one attached hydrogen (secondary N) is 1. The highest BCUT2D eigenvalue weighted by Gasteiger charge is 2.24. The molecule has 0 atom stereocenters. The minimum absolute atomic E-state index is 0.00711. The Kier molecular flexibility index (Phi) is 6.81. The van der Waals surface area contributed by atoms with Crippen LogP contribution >= 0.6 is 0 Å². The van der Waals surface area contributed by atoms with Crippen molar-refractivity contribution in [2.75, 3.05) is 6.54 Å². The summed E-state index contributed by atoms with van der Waals surface area (Å²) in [4.78, 5) is 33.0. The average Bonchev–Trinajstić information content (AvgIpc) is 2.81. The van der Waals surface area contributed by atoms with E-state index in [4.69, 9.17) is 4.98 Å². The van der Waals surface area contributed by atoms with Crippen molar-refractivity contribution < 1.29 is 4.79 Å². The van der Waals surface area contributed by atoms with Gasteiger partial charge in [-0.15, -0.1) is 0 Å². The van der Waals surface area contributed by atoms with Crippen molar-refractivity contribution in [2.24, 2.45) is 0 Å². The van der Waals surface area contributed by atoms with Crippen molar-refractivity contribution in [2.45, 2.75) is 52.9 Å². The van der Waals surface area contributed by atoms with Crippen molar-refractivity contribution in [3.63, 3.8) is 0 Å². The molecule has 2 heterocycles. The van der Waals surface area contributed by atoms with Crippen molar-refractivity contribution in [1.82, 2.24) is 19.8 Å². The molecule has 0 saturated carbocycles. The van der Waals surface area contributed by atoms with Crippen LogP contribution in [0.2, 0.25) is 0 Å². The van der Waals surface area contributed by atoms with Crippen LogP contribution in [0.1, 0.15) is 40.7 Å². The van der Waals surface area contributed by atoms with Crippen LogP contribution in [0.4, 0.5) is 0 Å². The number of carbonyl (C=O) groups is 1. The van der Waals surface area contributed by atoms with Crippen LogP contribution in [0.25, 0.3) is 0 Å². The van der Waals surface area contributed by atoms with E-state index in [1.54, 1.807) is 4.57 Å². The van der Waals surface area contributed by atoms with E-state index in [2.05, 4.69) is 22.3 Å². The van der Waals surface area contributed by atoms with E-state index in [0.717, 1.165) is 36.3 Å². The quantitative estimate of drug-likeness (QED) is 0.626. The van der Waals surface area contributed by atoms with Crippen LogP contribution < -0.4 is 10.9 Å². The van der Waals surface area contributed by atoms with Gasteiger partial charge in [-0.3, -0.25) is 19.1 Å². The smallest absolute Gasteiger partial charge is 0.258 e. The number of aromatic nitrogens is 2. The molecular weight excluding hydrogens is 400 g/mol. The van der Waals surface area contributed by atoms with Crippen LogP contribution in [-0.2, 0) is 43.8 Å². The predicted molar refractivity (Wildman–Crippen MR) is 125 cm³/mol. The second-order valence-electron chi connectivity index (χ2n) is 8.41. The number of fused-ring (bicyclic) bond motifs is 1. The van der Waals surface area contributed by atoms with Crippen LogP contribution in [0.5, 0.6) is 0 Å². The lowest BCUT2D eigenvalue weighted by Gasteiger charge is -2.28. The fourth-order valence-corrected chi connectivity index (χ4v) is 4.14. The third-order valence-electron chi connectivity index (χ3n) is 5.95. The summed E-state index contributed by atoms with van der Waals surface area (Å²) in [6.45, 7) is 6.67. The molecule has 1 aliphatic heterocycles. The zero-order chi connectivity index (χ0) is 22.5. The lowest BCUT2D eigenvalue weighted by molar-refractivity contribution is -0.121.